The predicted octanol–water partition coefficient (Wildman–Crippen LogP) is 5.59. The summed E-state index contributed by atoms with van der Waals surface area (Å²) in [7, 11) is 2.51. The van der Waals surface area contributed by atoms with E-state index in [0.29, 0.717) is 34.2 Å². The minimum absolute atomic E-state index is 0.0190. The number of esters is 2. The van der Waals surface area contributed by atoms with Crippen LogP contribution in [-0.4, -0.2) is 46.5 Å². The smallest absolute Gasteiger partial charge is 0.357 e. The number of aromatic nitrogens is 3. The van der Waals surface area contributed by atoms with Crippen molar-refractivity contribution >= 4 is 34.5 Å². The molecule has 6 rings (SSSR count). The van der Waals surface area contributed by atoms with Crippen LogP contribution in [0.25, 0.3) is 33.7 Å². The van der Waals surface area contributed by atoms with E-state index in [0.717, 1.165) is 22.2 Å². The number of aryl methyl sites for hydroxylation is 1. The fourth-order valence-corrected chi connectivity index (χ4v) is 4.74. The van der Waals surface area contributed by atoms with Gasteiger partial charge >= 0.3 is 11.9 Å². The number of methoxy groups -OCH3 is 2. The molecule has 0 radical (unpaired) electrons. The summed E-state index contributed by atoms with van der Waals surface area (Å²) in [5.74, 6) is -0.465. The van der Waals surface area contributed by atoms with E-state index in [1.165, 1.54) is 14.2 Å². The number of hydrogen-bond donors (Lipinski definition) is 0. The second-order valence-corrected chi connectivity index (χ2v) is 8.81. The highest BCUT2D eigenvalue weighted by atomic mass is 16.5. The molecule has 5 aromatic rings. The molecule has 3 heterocycles. The normalized spacial score (nSPS) is 12.9. The van der Waals surface area contributed by atoms with Gasteiger partial charge in [-0.25, -0.2) is 24.5 Å². The molecule has 8 heteroatoms. The largest absolute Gasteiger partial charge is 0.465 e. The number of ether oxygens (including phenoxy) is 2. The van der Waals surface area contributed by atoms with Gasteiger partial charge in [0, 0.05) is 11.1 Å². The summed E-state index contributed by atoms with van der Waals surface area (Å²) < 4.78 is 12.1. The molecule has 0 saturated carbocycles. The van der Waals surface area contributed by atoms with Crippen LogP contribution >= 0.6 is 0 Å². The molecule has 0 amide bonds. The van der Waals surface area contributed by atoms with E-state index in [2.05, 4.69) is 0 Å². The Bertz CT molecular complexity index is 1770. The van der Waals surface area contributed by atoms with Gasteiger partial charge in [0.2, 0.25) is 0 Å². The Labute approximate surface area is 218 Å². The zero-order chi connectivity index (χ0) is 26.4. The van der Waals surface area contributed by atoms with Gasteiger partial charge in [-0.2, -0.15) is 0 Å². The third kappa shape index (κ3) is 3.57. The topological polar surface area (TPSA) is 95.7 Å². The quantitative estimate of drug-likeness (QED) is 0.292. The molecule has 1 aliphatic heterocycles. The molecule has 0 atom stereocenters. The number of imidazole rings is 1. The Morgan fingerprint density at radius 3 is 2.18 bits per heavy atom. The van der Waals surface area contributed by atoms with Crippen LogP contribution in [0.15, 0.2) is 83.9 Å². The van der Waals surface area contributed by atoms with Crippen LogP contribution in [0.5, 0.6) is 0 Å². The molecule has 2 aromatic heterocycles. The molecule has 0 spiro atoms. The molecule has 3 aromatic carbocycles. The van der Waals surface area contributed by atoms with Gasteiger partial charge in [-0.1, -0.05) is 60.2 Å². The fraction of sp³-hybridized carbons (Fsp3) is 0.100. The van der Waals surface area contributed by atoms with E-state index >= 15 is 0 Å². The first-order chi connectivity index (χ1) is 18.5. The molecular formula is C30H22N4O4. The second kappa shape index (κ2) is 9.08. The first-order valence-electron chi connectivity index (χ1n) is 12.0. The average Bonchev–Trinajstić information content (AvgIpc) is 3.48. The minimum Gasteiger partial charge on any atom is -0.465 e. The van der Waals surface area contributed by atoms with E-state index in [4.69, 9.17) is 24.4 Å². The third-order valence-corrected chi connectivity index (χ3v) is 6.50. The molecule has 8 nitrogen and oxygen atoms in total. The van der Waals surface area contributed by atoms with Crippen molar-refractivity contribution < 1.29 is 19.1 Å². The van der Waals surface area contributed by atoms with Gasteiger partial charge in [-0.05, 0) is 31.2 Å². The Balaban J connectivity index is 1.81. The number of carbonyl (C=O) groups excluding carboxylic acids is 2. The van der Waals surface area contributed by atoms with Crippen molar-refractivity contribution in [1.82, 2.24) is 14.5 Å². The van der Waals surface area contributed by atoms with Crippen molar-refractivity contribution in [2.75, 3.05) is 14.2 Å². The molecular weight excluding hydrogens is 480 g/mol. The second-order valence-electron chi connectivity index (χ2n) is 8.81. The number of rotatable bonds is 4. The number of nitrogens with zero attached hydrogens (tertiary/aromatic N) is 4. The summed E-state index contributed by atoms with van der Waals surface area (Å²) in [6, 6.07) is 24.9. The van der Waals surface area contributed by atoms with Gasteiger partial charge in [-0.15, -0.1) is 0 Å². The lowest BCUT2D eigenvalue weighted by molar-refractivity contribution is 0.0550. The minimum atomic E-state index is -0.755. The van der Waals surface area contributed by atoms with Crippen molar-refractivity contribution in [2.45, 2.75) is 6.92 Å². The molecule has 0 N–H and O–H groups in total. The van der Waals surface area contributed by atoms with Crippen molar-refractivity contribution in [3.63, 3.8) is 0 Å². The molecule has 0 aliphatic carbocycles. The van der Waals surface area contributed by atoms with E-state index in [-0.39, 0.29) is 11.3 Å². The SMILES string of the molecule is COC(=O)c1nc(-c2ccccc2)c2c(c1C(=O)OC)C(=Nc1ccc(C)cc1)n1c-2nc2ccccc21. The van der Waals surface area contributed by atoms with E-state index < -0.39 is 11.9 Å². The highest BCUT2D eigenvalue weighted by Gasteiger charge is 2.40. The summed E-state index contributed by atoms with van der Waals surface area (Å²) in [6.07, 6.45) is 0. The Hall–Kier alpha value is -5.11. The maximum absolute atomic E-state index is 13.3. The van der Waals surface area contributed by atoms with Gasteiger partial charge in [0.05, 0.1) is 42.2 Å². The molecule has 0 bridgehead atoms. The number of hydrogen-bond acceptors (Lipinski definition) is 7. The molecule has 0 saturated heterocycles. The fourth-order valence-electron chi connectivity index (χ4n) is 4.74. The third-order valence-electron chi connectivity index (χ3n) is 6.50. The van der Waals surface area contributed by atoms with Crippen molar-refractivity contribution in [1.29, 1.82) is 0 Å². The van der Waals surface area contributed by atoms with Gasteiger partial charge in [-0.3, -0.25) is 4.57 Å². The maximum Gasteiger partial charge on any atom is 0.357 e. The molecule has 38 heavy (non-hydrogen) atoms. The number of para-hydroxylation sites is 2. The van der Waals surface area contributed by atoms with Crippen LogP contribution in [0.1, 0.15) is 32.0 Å². The standard InChI is InChI=1S/C30H22N4O4/c1-17-13-15-19(16-14-17)31-27-22-23(28-32-20-11-7-8-12-21(20)34(27)28)25(18-9-5-4-6-10-18)33-26(30(36)38-3)24(22)29(35)37-2/h4-16H,1-3H3. The zero-order valence-corrected chi connectivity index (χ0v) is 20.9. The van der Waals surface area contributed by atoms with Crippen LogP contribution in [0.3, 0.4) is 0 Å². The van der Waals surface area contributed by atoms with Crippen LogP contribution in [0.2, 0.25) is 0 Å². The van der Waals surface area contributed by atoms with E-state index in [9.17, 15) is 9.59 Å². The van der Waals surface area contributed by atoms with Gasteiger partial charge < -0.3 is 9.47 Å². The average molecular weight is 503 g/mol. The maximum atomic E-state index is 13.3. The number of benzene rings is 3. The highest BCUT2D eigenvalue weighted by Crippen LogP contribution is 2.44. The summed E-state index contributed by atoms with van der Waals surface area (Å²) in [6.45, 7) is 2.00. The Morgan fingerprint density at radius 2 is 1.47 bits per heavy atom. The summed E-state index contributed by atoms with van der Waals surface area (Å²) in [4.78, 5) is 40.9. The molecule has 186 valence electrons. The molecule has 1 aliphatic rings. The summed E-state index contributed by atoms with van der Waals surface area (Å²) >= 11 is 0. The summed E-state index contributed by atoms with van der Waals surface area (Å²) in [5.41, 5.74) is 5.41. The van der Waals surface area contributed by atoms with Crippen LogP contribution in [0.4, 0.5) is 5.69 Å². The van der Waals surface area contributed by atoms with E-state index in [1.54, 1.807) is 0 Å². The first kappa shape index (κ1) is 23.3. The van der Waals surface area contributed by atoms with Gasteiger partial charge in [0.25, 0.3) is 0 Å². The first-order valence-corrected chi connectivity index (χ1v) is 12.0. The monoisotopic (exact) mass is 502 g/mol. The zero-order valence-electron chi connectivity index (χ0n) is 20.9. The van der Waals surface area contributed by atoms with Crippen LogP contribution in [-0.2, 0) is 9.47 Å². The van der Waals surface area contributed by atoms with Gasteiger partial charge in [0.15, 0.2) is 5.69 Å². The van der Waals surface area contributed by atoms with Gasteiger partial charge in [0.1, 0.15) is 17.2 Å². The summed E-state index contributed by atoms with van der Waals surface area (Å²) in [5, 5.41) is 0. The molecule has 0 fully saturated rings. The molecule has 0 unspecified atom stereocenters. The Kier molecular flexibility index (Phi) is 5.57. The predicted molar refractivity (Wildman–Crippen MR) is 144 cm³/mol. The lowest BCUT2D eigenvalue weighted by Crippen LogP contribution is -2.21. The van der Waals surface area contributed by atoms with Crippen molar-refractivity contribution in [3.8, 4) is 22.6 Å². The number of carbonyl (C=O) groups is 2. The number of aliphatic imine (C=N–C) groups is 1. The van der Waals surface area contributed by atoms with Crippen LogP contribution < -0.4 is 0 Å². The number of fused-ring (bicyclic) bond motifs is 5. The lowest BCUT2D eigenvalue weighted by Gasteiger charge is -2.15. The van der Waals surface area contributed by atoms with Crippen LogP contribution in [0, 0.1) is 6.92 Å². The lowest BCUT2D eigenvalue weighted by atomic mass is 9.95. The van der Waals surface area contributed by atoms with E-state index in [1.807, 2.05) is 90.4 Å². The van der Waals surface area contributed by atoms with Crippen molar-refractivity contribution in [2.24, 2.45) is 4.99 Å². The number of pyridine rings is 1. The highest BCUT2D eigenvalue weighted by molar-refractivity contribution is 6.24. The Morgan fingerprint density at radius 1 is 0.789 bits per heavy atom. The van der Waals surface area contributed by atoms with Crippen molar-refractivity contribution in [3.05, 3.63) is 101 Å².